The molecule has 1 rings (SSSR count). The molecule has 0 radical (unpaired) electrons. The minimum Gasteiger partial charge on any atom is -0.379 e. The Morgan fingerprint density at radius 1 is 1.24 bits per heavy atom. The predicted molar refractivity (Wildman–Crippen MR) is 68.9 cm³/mol. The molecule has 1 fully saturated rings. The van der Waals surface area contributed by atoms with Crippen LogP contribution in [0.25, 0.3) is 0 Å². The molecule has 2 atom stereocenters. The largest absolute Gasteiger partial charge is 0.379 e. The maximum absolute atomic E-state index is 12.4. The van der Waals surface area contributed by atoms with E-state index in [0.717, 1.165) is 32.5 Å². The van der Waals surface area contributed by atoms with Gasteiger partial charge in [-0.2, -0.15) is 0 Å². The number of ether oxygens (including phenoxy) is 1. The van der Waals surface area contributed by atoms with E-state index in [4.69, 9.17) is 4.74 Å². The molecular formula is C13H26N2O2. The number of nitrogens with one attached hydrogen (secondary N) is 1. The van der Waals surface area contributed by atoms with Crippen LogP contribution in [0.2, 0.25) is 0 Å². The average Bonchev–Trinajstić information content (AvgIpc) is 2.77. The molecule has 1 amide bonds. The Morgan fingerprint density at radius 2 is 1.88 bits per heavy atom. The van der Waals surface area contributed by atoms with Gasteiger partial charge in [0.2, 0.25) is 5.91 Å². The van der Waals surface area contributed by atoms with Crippen molar-refractivity contribution >= 4 is 5.91 Å². The number of likely N-dealkylation sites (N-methyl/N-ethyl adjacent to an activating group) is 1. The second-order valence-corrected chi connectivity index (χ2v) is 4.63. The number of carbonyl (C=O) groups is 1. The zero-order chi connectivity index (χ0) is 12.7. The molecule has 1 heterocycles. The molecule has 0 aliphatic carbocycles. The fraction of sp³-hybridized carbons (Fsp3) is 0.923. The molecule has 0 aromatic heterocycles. The molecule has 0 saturated carbocycles. The van der Waals surface area contributed by atoms with Gasteiger partial charge in [0.1, 0.15) is 0 Å². The molecular weight excluding hydrogens is 216 g/mol. The third-order valence-corrected chi connectivity index (χ3v) is 3.16. The standard InChI is InChI=1S/C13H26N2O2/c1-4-7-15(8-5-2)13(16)11-9-17-10-12(11)14-6-3/h11-12,14H,4-10H2,1-3H3. The van der Waals surface area contributed by atoms with Crippen molar-refractivity contribution in [1.29, 1.82) is 0 Å². The van der Waals surface area contributed by atoms with Gasteiger partial charge < -0.3 is 15.0 Å². The van der Waals surface area contributed by atoms with Crippen LogP contribution < -0.4 is 5.32 Å². The SMILES string of the molecule is CCCN(CCC)C(=O)C1COCC1NCC. The second-order valence-electron chi connectivity index (χ2n) is 4.63. The Bertz CT molecular complexity index is 227. The number of hydrogen-bond donors (Lipinski definition) is 1. The molecule has 0 aromatic rings. The summed E-state index contributed by atoms with van der Waals surface area (Å²) in [6.45, 7) is 10.1. The van der Waals surface area contributed by atoms with Crippen LogP contribution >= 0.6 is 0 Å². The van der Waals surface area contributed by atoms with Crippen molar-refractivity contribution in [2.45, 2.75) is 39.7 Å². The van der Waals surface area contributed by atoms with Crippen molar-refractivity contribution in [3.05, 3.63) is 0 Å². The van der Waals surface area contributed by atoms with E-state index in [1.54, 1.807) is 0 Å². The first kappa shape index (κ1) is 14.5. The maximum atomic E-state index is 12.4. The highest BCUT2D eigenvalue weighted by Gasteiger charge is 2.35. The molecule has 100 valence electrons. The lowest BCUT2D eigenvalue weighted by Crippen LogP contribution is -2.46. The summed E-state index contributed by atoms with van der Waals surface area (Å²) < 4.78 is 5.44. The average molecular weight is 242 g/mol. The summed E-state index contributed by atoms with van der Waals surface area (Å²) in [4.78, 5) is 14.4. The normalized spacial score (nSPS) is 23.9. The molecule has 0 bridgehead atoms. The summed E-state index contributed by atoms with van der Waals surface area (Å²) in [6.07, 6.45) is 2.04. The molecule has 0 aromatic carbocycles. The first-order valence-electron chi connectivity index (χ1n) is 6.84. The van der Waals surface area contributed by atoms with E-state index < -0.39 is 0 Å². The Labute approximate surface area is 105 Å². The maximum Gasteiger partial charge on any atom is 0.229 e. The van der Waals surface area contributed by atoms with Gasteiger partial charge in [-0.05, 0) is 19.4 Å². The number of amides is 1. The fourth-order valence-corrected chi connectivity index (χ4v) is 2.37. The van der Waals surface area contributed by atoms with Gasteiger partial charge in [-0.15, -0.1) is 0 Å². The fourth-order valence-electron chi connectivity index (χ4n) is 2.37. The van der Waals surface area contributed by atoms with Crippen molar-refractivity contribution in [2.24, 2.45) is 5.92 Å². The third kappa shape index (κ3) is 3.96. The molecule has 17 heavy (non-hydrogen) atoms. The lowest BCUT2D eigenvalue weighted by molar-refractivity contribution is -0.136. The number of carbonyl (C=O) groups excluding carboxylic acids is 1. The van der Waals surface area contributed by atoms with Crippen LogP contribution in [0, 0.1) is 5.92 Å². The molecule has 1 aliphatic heterocycles. The highest BCUT2D eigenvalue weighted by molar-refractivity contribution is 5.80. The van der Waals surface area contributed by atoms with E-state index in [2.05, 4.69) is 26.1 Å². The van der Waals surface area contributed by atoms with E-state index in [-0.39, 0.29) is 17.9 Å². The monoisotopic (exact) mass is 242 g/mol. The highest BCUT2D eigenvalue weighted by atomic mass is 16.5. The van der Waals surface area contributed by atoms with Crippen molar-refractivity contribution in [3.63, 3.8) is 0 Å². The first-order valence-corrected chi connectivity index (χ1v) is 6.84. The predicted octanol–water partition coefficient (Wildman–Crippen LogP) is 1.26. The third-order valence-electron chi connectivity index (χ3n) is 3.16. The smallest absolute Gasteiger partial charge is 0.229 e. The summed E-state index contributed by atoms with van der Waals surface area (Å²) in [5, 5.41) is 3.34. The molecule has 1 N–H and O–H groups in total. The summed E-state index contributed by atoms with van der Waals surface area (Å²) in [5.41, 5.74) is 0. The van der Waals surface area contributed by atoms with Crippen LogP contribution in [0.4, 0.5) is 0 Å². The lowest BCUT2D eigenvalue weighted by atomic mass is 10.0. The minimum absolute atomic E-state index is 0.00745. The van der Waals surface area contributed by atoms with E-state index in [1.807, 2.05) is 4.90 Å². The van der Waals surface area contributed by atoms with Gasteiger partial charge in [0.15, 0.2) is 0 Å². The minimum atomic E-state index is 0.00745. The van der Waals surface area contributed by atoms with Crippen LogP contribution in [0.3, 0.4) is 0 Å². The lowest BCUT2D eigenvalue weighted by Gasteiger charge is -2.27. The summed E-state index contributed by atoms with van der Waals surface area (Å²) in [7, 11) is 0. The quantitative estimate of drug-likeness (QED) is 0.731. The molecule has 0 spiro atoms. The summed E-state index contributed by atoms with van der Waals surface area (Å²) in [5.74, 6) is 0.269. The number of rotatable bonds is 7. The van der Waals surface area contributed by atoms with Crippen molar-refractivity contribution < 1.29 is 9.53 Å². The van der Waals surface area contributed by atoms with Crippen LogP contribution in [0.5, 0.6) is 0 Å². The summed E-state index contributed by atoms with van der Waals surface area (Å²) >= 11 is 0. The highest BCUT2D eigenvalue weighted by Crippen LogP contribution is 2.17. The van der Waals surface area contributed by atoms with E-state index in [9.17, 15) is 4.79 Å². The van der Waals surface area contributed by atoms with Crippen molar-refractivity contribution in [2.75, 3.05) is 32.8 Å². The van der Waals surface area contributed by atoms with Gasteiger partial charge in [-0.25, -0.2) is 0 Å². The van der Waals surface area contributed by atoms with Gasteiger partial charge in [0.25, 0.3) is 0 Å². The van der Waals surface area contributed by atoms with E-state index in [1.165, 1.54) is 0 Å². The van der Waals surface area contributed by atoms with Gasteiger partial charge in [0, 0.05) is 19.1 Å². The van der Waals surface area contributed by atoms with Crippen LogP contribution in [-0.2, 0) is 9.53 Å². The number of nitrogens with zero attached hydrogens (tertiary/aromatic N) is 1. The van der Waals surface area contributed by atoms with Crippen LogP contribution in [0.15, 0.2) is 0 Å². The zero-order valence-corrected chi connectivity index (χ0v) is 11.4. The van der Waals surface area contributed by atoms with E-state index in [0.29, 0.717) is 13.2 Å². The van der Waals surface area contributed by atoms with Crippen molar-refractivity contribution in [1.82, 2.24) is 10.2 Å². The molecule has 4 heteroatoms. The summed E-state index contributed by atoms with van der Waals surface area (Å²) in [6, 6.07) is 0.198. The second kappa shape index (κ2) is 7.67. The molecule has 1 saturated heterocycles. The van der Waals surface area contributed by atoms with Crippen LogP contribution in [-0.4, -0.2) is 49.7 Å². The Balaban J connectivity index is 2.58. The topological polar surface area (TPSA) is 41.6 Å². The Hall–Kier alpha value is -0.610. The van der Waals surface area contributed by atoms with Gasteiger partial charge in [0.05, 0.1) is 19.1 Å². The van der Waals surface area contributed by atoms with E-state index >= 15 is 0 Å². The zero-order valence-electron chi connectivity index (χ0n) is 11.4. The van der Waals surface area contributed by atoms with Crippen molar-refractivity contribution in [3.8, 4) is 0 Å². The van der Waals surface area contributed by atoms with Gasteiger partial charge >= 0.3 is 0 Å². The molecule has 2 unspecified atom stereocenters. The van der Waals surface area contributed by atoms with Gasteiger partial charge in [-0.1, -0.05) is 20.8 Å². The van der Waals surface area contributed by atoms with Gasteiger partial charge in [-0.3, -0.25) is 4.79 Å². The first-order chi connectivity index (χ1) is 8.24. The molecule has 1 aliphatic rings. The van der Waals surface area contributed by atoms with Crippen LogP contribution in [0.1, 0.15) is 33.6 Å². The Kier molecular flexibility index (Phi) is 6.52. The molecule has 4 nitrogen and oxygen atoms in total. The Morgan fingerprint density at radius 3 is 2.41 bits per heavy atom. The number of hydrogen-bond acceptors (Lipinski definition) is 3.